The molecule has 6 heteroatoms. The number of nitrogens with zero attached hydrogens (tertiary/aromatic N) is 1. The Bertz CT molecular complexity index is 1200. The molecule has 6 nitrogen and oxygen atoms in total. The van der Waals surface area contributed by atoms with E-state index in [1.165, 1.54) is 0 Å². The van der Waals surface area contributed by atoms with Gasteiger partial charge in [-0.25, -0.2) is 4.79 Å². The number of allylic oxidation sites excluding steroid dienone is 1. The van der Waals surface area contributed by atoms with Crippen molar-refractivity contribution in [2.45, 2.75) is 25.9 Å². The molecule has 1 aliphatic heterocycles. The monoisotopic (exact) mass is 374 g/mol. The van der Waals surface area contributed by atoms with Gasteiger partial charge in [-0.15, -0.1) is 0 Å². The SMILES string of the molecule is CC(C)Oc1ccccc1[C@H]1C(C#N)=C(N)Oc2c1c(=O)oc1ccccc21. The van der Waals surface area contributed by atoms with Crippen molar-refractivity contribution in [3.05, 3.63) is 81.5 Å². The second-order valence-electron chi connectivity index (χ2n) is 6.76. The summed E-state index contributed by atoms with van der Waals surface area (Å²) in [5, 5.41) is 10.4. The summed E-state index contributed by atoms with van der Waals surface area (Å²) in [4.78, 5) is 12.9. The molecular weight excluding hydrogens is 356 g/mol. The fourth-order valence-electron chi connectivity index (χ4n) is 3.46. The maximum atomic E-state index is 12.9. The summed E-state index contributed by atoms with van der Waals surface area (Å²) in [5.74, 6) is 0.107. The average Bonchev–Trinajstić information content (AvgIpc) is 2.67. The Morgan fingerprint density at radius 1 is 1.14 bits per heavy atom. The zero-order valence-electron chi connectivity index (χ0n) is 15.4. The van der Waals surface area contributed by atoms with Gasteiger partial charge in [0.2, 0.25) is 5.88 Å². The van der Waals surface area contributed by atoms with Gasteiger partial charge in [0.25, 0.3) is 0 Å². The van der Waals surface area contributed by atoms with Gasteiger partial charge in [0.1, 0.15) is 23.0 Å². The number of para-hydroxylation sites is 2. The van der Waals surface area contributed by atoms with Gasteiger partial charge in [0, 0.05) is 5.56 Å². The molecule has 1 atom stereocenters. The van der Waals surface area contributed by atoms with Crippen LogP contribution in [0.25, 0.3) is 11.0 Å². The minimum absolute atomic E-state index is 0.0323. The van der Waals surface area contributed by atoms with Crippen molar-refractivity contribution in [2.75, 3.05) is 0 Å². The molecule has 0 aliphatic carbocycles. The van der Waals surface area contributed by atoms with E-state index in [1.807, 2.05) is 38.1 Å². The summed E-state index contributed by atoms with van der Waals surface area (Å²) in [6.45, 7) is 3.82. The van der Waals surface area contributed by atoms with E-state index in [0.717, 1.165) is 0 Å². The van der Waals surface area contributed by atoms with Crippen LogP contribution in [0, 0.1) is 11.3 Å². The van der Waals surface area contributed by atoms with Gasteiger partial charge in [0.05, 0.1) is 23.0 Å². The molecule has 0 amide bonds. The number of nitriles is 1. The van der Waals surface area contributed by atoms with Crippen LogP contribution in [0.5, 0.6) is 11.5 Å². The molecule has 140 valence electrons. The highest BCUT2D eigenvalue weighted by molar-refractivity contribution is 5.86. The number of hydrogen-bond donors (Lipinski definition) is 1. The van der Waals surface area contributed by atoms with Crippen LogP contribution in [0.4, 0.5) is 0 Å². The molecule has 28 heavy (non-hydrogen) atoms. The second-order valence-corrected chi connectivity index (χ2v) is 6.76. The van der Waals surface area contributed by atoms with Crippen LogP contribution >= 0.6 is 0 Å². The van der Waals surface area contributed by atoms with Crippen LogP contribution in [0.3, 0.4) is 0 Å². The van der Waals surface area contributed by atoms with Gasteiger partial charge in [-0.3, -0.25) is 0 Å². The minimum Gasteiger partial charge on any atom is -0.491 e. The minimum atomic E-state index is -0.746. The predicted molar refractivity (Wildman–Crippen MR) is 104 cm³/mol. The number of fused-ring (bicyclic) bond motifs is 3. The molecule has 0 radical (unpaired) electrons. The van der Waals surface area contributed by atoms with Gasteiger partial charge in [0.15, 0.2) is 5.75 Å². The summed E-state index contributed by atoms with van der Waals surface area (Å²) < 4.78 is 17.2. The number of ether oxygens (including phenoxy) is 2. The molecule has 2 aromatic carbocycles. The number of benzene rings is 2. The Kier molecular flexibility index (Phi) is 4.28. The normalized spacial score (nSPS) is 15.9. The second kappa shape index (κ2) is 6.78. The quantitative estimate of drug-likeness (QED) is 0.700. The molecule has 4 rings (SSSR count). The highest BCUT2D eigenvalue weighted by Crippen LogP contribution is 2.45. The van der Waals surface area contributed by atoms with Gasteiger partial charge >= 0.3 is 5.63 Å². The Morgan fingerprint density at radius 2 is 1.86 bits per heavy atom. The first-order chi connectivity index (χ1) is 13.5. The molecule has 0 saturated carbocycles. The highest BCUT2D eigenvalue weighted by atomic mass is 16.5. The van der Waals surface area contributed by atoms with Crippen molar-refractivity contribution in [3.8, 4) is 17.6 Å². The lowest BCUT2D eigenvalue weighted by molar-refractivity contribution is 0.239. The Hall–Kier alpha value is -3.72. The summed E-state index contributed by atoms with van der Waals surface area (Å²) in [5.41, 5.74) is 6.95. The summed E-state index contributed by atoms with van der Waals surface area (Å²) >= 11 is 0. The standard InChI is InChI=1S/C22H18N2O4/c1-12(2)26-16-9-5-3-7-13(16)18-15(11-23)21(24)28-20-14-8-4-6-10-17(14)27-22(25)19(18)20/h3-10,12,18H,24H2,1-2H3/t18-/m0/s1. The van der Waals surface area contributed by atoms with Crippen molar-refractivity contribution in [3.63, 3.8) is 0 Å². The van der Waals surface area contributed by atoms with Gasteiger partial charge in [-0.05, 0) is 32.0 Å². The Balaban J connectivity index is 2.05. The van der Waals surface area contributed by atoms with E-state index >= 15 is 0 Å². The molecule has 1 aliphatic rings. The van der Waals surface area contributed by atoms with Crippen LogP contribution in [-0.2, 0) is 0 Å². The van der Waals surface area contributed by atoms with Gasteiger partial charge in [-0.1, -0.05) is 30.3 Å². The van der Waals surface area contributed by atoms with Crippen LogP contribution in [0.15, 0.2) is 69.2 Å². The van der Waals surface area contributed by atoms with Crippen LogP contribution < -0.4 is 20.8 Å². The molecule has 0 bridgehead atoms. The average molecular weight is 374 g/mol. The topological polar surface area (TPSA) is 98.5 Å². The van der Waals surface area contributed by atoms with E-state index in [9.17, 15) is 10.1 Å². The lowest BCUT2D eigenvalue weighted by atomic mass is 9.83. The van der Waals surface area contributed by atoms with Crippen molar-refractivity contribution >= 4 is 11.0 Å². The van der Waals surface area contributed by atoms with Gasteiger partial charge < -0.3 is 19.6 Å². The smallest absolute Gasteiger partial charge is 0.344 e. The largest absolute Gasteiger partial charge is 0.491 e. The summed E-state index contributed by atoms with van der Waals surface area (Å²) in [7, 11) is 0. The zero-order valence-corrected chi connectivity index (χ0v) is 15.4. The lowest BCUT2D eigenvalue weighted by Crippen LogP contribution is -2.26. The van der Waals surface area contributed by atoms with E-state index in [1.54, 1.807) is 24.3 Å². The fraction of sp³-hybridized carbons (Fsp3) is 0.182. The fourth-order valence-corrected chi connectivity index (χ4v) is 3.46. The molecule has 1 aromatic heterocycles. The first-order valence-electron chi connectivity index (χ1n) is 8.90. The van der Waals surface area contributed by atoms with Crippen LogP contribution in [-0.4, -0.2) is 6.10 Å². The molecule has 3 aromatic rings. The highest BCUT2D eigenvalue weighted by Gasteiger charge is 2.37. The molecule has 0 fully saturated rings. The molecule has 0 saturated heterocycles. The van der Waals surface area contributed by atoms with E-state index in [2.05, 4.69) is 6.07 Å². The summed E-state index contributed by atoms with van der Waals surface area (Å²) in [6, 6.07) is 16.4. The molecular formula is C22H18N2O4. The maximum Gasteiger partial charge on any atom is 0.344 e. The third-order valence-corrected chi connectivity index (χ3v) is 4.57. The van der Waals surface area contributed by atoms with E-state index in [0.29, 0.717) is 28.0 Å². The van der Waals surface area contributed by atoms with Crippen molar-refractivity contribution in [1.29, 1.82) is 5.26 Å². The maximum absolute atomic E-state index is 12.9. The Labute approximate surface area is 161 Å². The third kappa shape index (κ3) is 2.78. The number of nitrogens with two attached hydrogens (primary N) is 1. The predicted octanol–water partition coefficient (Wildman–Crippen LogP) is 3.80. The van der Waals surface area contributed by atoms with Crippen molar-refractivity contribution in [1.82, 2.24) is 0 Å². The number of hydrogen-bond acceptors (Lipinski definition) is 6. The lowest BCUT2D eigenvalue weighted by Gasteiger charge is -2.27. The molecule has 2 heterocycles. The van der Waals surface area contributed by atoms with Crippen LogP contribution in [0.1, 0.15) is 30.9 Å². The van der Waals surface area contributed by atoms with Crippen molar-refractivity contribution < 1.29 is 13.9 Å². The third-order valence-electron chi connectivity index (χ3n) is 4.57. The number of rotatable bonds is 3. The first-order valence-corrected chi connectivity index (χ1v) is 8.90. The summed E-state index contributed by atoms with van der Waals surface area (Å²) in [6.07, 6.45) is -0.0830. The van der Waals surface area contributed by atoms with E-state index < -0.39 is 11.5 Å². The van der Waals surface area contributed by atoms with E-state index in [4.69, 9.17) is 19.6 Å². The van der Waals surface area contributed by atoms with Gasteiger partial charge in [-0.2, -0.15) is 5.26 Å². The van der Waals surface area contributed by atoms with Crippen molar-refractivity contribution in [2.24, 2.45) is 5.73 Å². The molecule has 2 N–H and O–H groups in total. The Morgan fingerprint density at radius 3 is 2.61 bits per heavy atom. The first kappa shape index (κ1) is 17.7. The van der Waals surface area contributed by atoms with E-state index in [-0.39, 0.29) is 23.1 Å². The molecule has 0 spiro atoms. The molecule has 0 unspecified atom stereocenters. The zero-order chi connectivity index (χ0) is 19.8. The van der Waals surface area contributed by atoms with Crippen LogP contribution in [0.2, 0.25) is 0 Å².